The van der Waals surface area contributed by atoms with Gasteiger partial charge in [0.1, 0.15) is 5.82 Å². The van der Waals surface area contributed by atoms with E-state index < -0.39 is 0 Å². The molecule has 0 aliphatic carbocycles. The quantitative estimate of drug-likeness (QED) is 0.802. The van der Waals surface area contributed by atoms with E-state index in [9.17, 15) is 4.39 Å². The van der Waals surface area contributed by atoms with E-state index in [-0.39, 0.29) is 5.82 Å². The van der Waals surface area contributed by atoms with Gasteiger partial charge in [0, 0.05) is 25.2 Å². The molecule has 0 saturated heterocycles. The van der Waals surface area contributed by atoms with Gasteiger partial charge in [0.15, 0.2) is 0 Å². The molecule has 0 unspecified atom stereocenters. The molecule has 18 heavy (non-hydrogen) atoms. The van der Waals surface area contributed by atoms with Gasteiger partial charge in [-0.2, -0.15) is 0 Å². The lowest BCUT2D eigenvalue weighted by atomic mass is 10.1. The predicted octanol–water partition coefficient (Wildman–Crippen LogP) is 3.02. The van der Waals surface area contributed by atoms with Gasteiger partial charge >= 0.3 is 0 Å². The summed E-state index contributed by atoms with van der Waals surface area (Å²) in [5, 5.41) is 3.26. The molecular formula is C15H25FN2. The first-order valence-corrected chi connectivity index (χ1v) is 6.69. The summed E-state index contributed by atoms with van der Waals surface area (Å²) in [6.07, 6.45) is 0. The molecule has 102 valence electrons. The second kappa shape index (κ2) is 7.49. The average molecular weight is 252 g/mol. The summed E-state index contributed by atoms with van der Waals surface area (Å²) >= 11 is 0. The molecule has 0 aliphatic rings. The molecule has 0 saturated carbocycles. The molecule has 1 aromatic carbocycles. The molecule has 0 aliphatic heterocycles. The van der Waals surface area contributed by atoms with Crippen molar-refractivity contribution in [1.29, 1.82) is 0 Å². The van der Waals surface area contributed by atoms with Gasteiger partial charge in [-0.25, -0.2) is 4.39 Å². The molecule has 0 heterocycles. The summed E-state index contributed by atoms with van der Waals surface area (Å²) in [5.41, 5.74) is 1.93. The first kappa shape index (κ1) is 15.1. The van der Waals surface area contributed by atoms with E-state index >= 15 is 0 Å². The summed E-state index contributed by atoms with van der Waals surface area (Å²) in [4.78, 5) is 2.17. The molecule has 0 aromatic heterocycles. The maximum Gasteiger partial charge on any atom is 0.127 e. The molecule has 0 spiro atoms. The number of benzene rings is 1. The van der Waals surface area contributed by atoms with Gasteiger partial charge in [-0.15, -0.1) is 0 Å². The van der Waals surface area contributed by atoms with Crippen LogP contribution in [0.1, 0.15) is 31.9 Å². The number of hydrogen-bond donors (Lipinski definition) is 1. The van der Waals surface area contributed by atoms with Gasteiger partial charge in [-0.05, 0) is 31.1 Å². The number of halogens is 1. The lowest BCUT2D eigenvalue weighted by Gasteiger charge is -2.19. The van der Waals surface area contributed by atoms with Crippen LogP contribution >= 0.6 is 0 Å². The maximum absolute atomic E-state index is 13.7. The average Bonchev–Trinajstić information content (AvgIpc) is 2.29. The second-order valence-corrected chi connectivity index (χ2v) is 5.30. The maximum atomic E-state index is 13.7. The predicted molar refractivity (Wildman–Crippen MR) is 75.0 cm³/mol. The Balaban J connectivity index is 2.68. The number of nitrogens with one attached hydrogen (secondary N) is 1. The Kier molecular flexibility index (Phi) is 6.30. The van der Waals surface area contributed by atoms with Crippen molar-refractivity contribution >= 4 is 0 Å². The summed E-state index contributed by atoms with van der Waals surface area (Å²) in [7, 11) is 2.04. The van der Waals surface area contributed by atoms with Gasteiger partial charge in [0.2, 0.25) is 0 Å². The summed E-state index contributed by atoms with van der Waals surface area (Å²) in [6, 6.07) is 5.39. The molecule has 0 bridgehead atoms. The third-order valence-corrected chi connectivity index (χ3v) is 2.81. The third-order valence-electron chi connectivity index (χ3n) is 2.81. The van der Waals surface area contributed by atoms with Crippen LogP contribution < -0.4 is 5.32 Å². The summed E-state index contributed by atoms with van der Waals surface area (Å²) < 4.78 is 13.7. The van der Waals surface area contributed by atoms with Crippen molar-refractivity contribution in [2.24, 2.45) is 5.92 Å². The minimum Gasteiger partial charge on any atom is -0.313 e. The van der Waals surface area contributed by atoms with Crippen LogP contribution in [-0.4, -0.2) is 25.0 Å². The monoisotopic (exact) mass is 252 g/mol. The number of hydrogen-bond acceptors (Lipinski definition) is 2. The standard InChI is InChI=1S/C15H25FN2/c1-5-17-9-13-6-7-15(16)14(8-13)11-18(4)10-12(2)3/h6-8,12,17H,5,9-11H2,1-4H3. The van der Waals surface area contributed by atoms with E-state index in [1.165, 1.54) is 0 Å². The van der Waals surface area contributed by atoms with Crippen molar-refractivity contribution in [1.82, 2.24) is 10.2 Å². The SMILES string of the molecule is CCNCc1ccc(F)c(CN(C)CC(C)C)c1. The van der Waals surface area contributed by atoms with Gasteiger partial charge in [0.05, 0.1) is 0 Å². The zero-order chi connectivity index (χ0) is 13.5. The molecule has 0 fully saturated rings. The molecule has 0 amide bonds. The minimum atomic E-state index is -0.106. The lowest BCUT2D eigenvalue weighted by molar-refractivity contribution is 0.284. The van der Waals surface area contributed by atoms with Crippen LogP contribution in [0.3, 0.4) is 0 Å². The summed E-state index contributed by atoms with van der Waals surface area (Å²) in [5.74, 6) is 0.494. The van der Waals surface area contributed by atoms with E-state index in [0.717, 1.165) is 30.8 Å². The smallest absolute Gasteiger partial charge is 0.127 e. The normalized spacial score (nSPS) is 11.5. The zero-order valence-electron chi connectivity index (χ0n) is 12.0. The first-order chi connectivity index (χ1) is 8.52. The van der Waals surface area contributed by atoms with Crippen LogP contribution in [-0.2, 0) is 13.1 Å². The molecule has 3 heteroatoms. The van der Waals surface area contributed by atoms with E-state index in [0.29, 0.717) is 12.5 Å². The number of rotatable bonds is 7. The Morgan fingerprint density at radius 2 is 2.06 bits per heavy atom. The Morgan fingerprint density at radius 1 is 1.33 bits per heavy atom. The van der Waals surface area contributed by atoms with Crippen molar-refractivity contribution < 1.29 is 4.39 Å². The Hall–Kier alpha value is -0.930. The molecule has 0 atom stereocenters. The summed E-state index contributed by atoms with van der Waals surface area (Å²) in [6.45, 7) is 9.81. The molecular weight excluding hydrogens is 227 g/mol. The van der Waals surface area contributed by atoms with E-state index in [1.807, 2.05) is 19.2 Å². The highest BCUT2D eigenvalue weighted by atomic mass is 19.1. The van der Waals surface area contributed by atoms with E-state index in [1.54, 1.807) is 6.07 Å². The van der Waals surface area contributed by atoms with Crippen molar-refractivity contribution in [3.63, 3.8) is 0 Å². The van der Waals surface area contributed by atoms with Crippen LogP contribution in [0.25, 0.3) is 0 Å². The van der Waals surface area contributed by atoms with Gasteiger partial charge in [-0.3, -0.25) is 0 Å². The molecule has 2 nitrogen and oxygen atoms in total. The zero-order valence-corrected chi connectivity index (χ0v) is 12.0. The molecule has 0 radical (unpaired) electrons. The number of nitrogens with zero attached hydrogens (tertiary/aromatic N) is 1. The molecule has 1 N–H and O–H groups in total. The van der Waals surface area contributed by atoms with Crippen molar-refractivity contribution in [3.8, 4) is 0 Å². The van der Waals surface area contributed by atoms with Crippen LogP contribution in [0.15, 0.2) is 18.2 Å². The Morgan fingerprint density at radius 3 is 2.67 bits per heavy atom. The largest absolute Gasteiger partial charge is 0.313 e. The van der Waals surface area contributed by atoms with Crippen molar-refractivity contribution in [3.05, 3.63) is 35.1 Å². The first-order valence-electron chi connectivity index (χ1n) is 6.69. The molecule has 1 rings (SSSR count). The highest BCUT2D eigenvalue weighted by molar-refractivity contribution is 5.25. The third kappa shape index (κ3) is 5.15. The van der Waals surface area contributed by atoms with Gasteiger partial charge in [-0.1, -0.05) is 32.9 Å². The lowest BCUT2D eigenvalue weighted by Crippen LogP contribution is -2.23. The highest BCUT2D eigenvalue weighted by Crippen LogP contribution is 2.13. The fourth-order valence-electron chi connectivity index (χ4n) is 2.11. The molecule has 1 aromatic rings. The van der Waals surface area contributed by atoms with E-state index in [2.05, 4.69) is 31.0 Å². The van der Waals surface area contributed by atoms with Crippen LogP contribution in [0.4, 0.5) is 4.39 Å². The fourth-order valence-corrected chi connectivity index (χ4v) is 2.11. The second-order valence-electron chi connectivity index (χ2n) is 5.30. The topological polar surface area (TPSA) is 15.3 Å². The van der Waals surface area contributed by atoms with Crippen LogP contribution in [0.2, 0.25) is 0 Å². The Labute approximate surface area is 110 Å². The van der Waals surface area contributed by atoms with Gasteiger partial charge in [0.25, 0.3) is 0 Å². The van der Waals surface area contributed by atoms with Gasteiger partial charge < -0.3 is 10.2 Å². The van der Waals surface area contributed by atoms with Crippen LogP contribution in [0, 0.1) is 11.7 Å². The van der Waals surface area contributed by atoms with Crippen molar-refractivity contribution in [2.45, 2.75) is 33.9 Å². The Bertz CT molecular complexity index is 364. The minimum absolute atomic E-state index is 0.106. The fraction of sp³-hybridized carbons (Fsp3) is 0.600. The highest BCUT2D eigenvalue weighted by Gasteiger charge is 2.08. The van der Waals surface area contributed by atoms with Crippen molar-refractivity contribution in [2.75, 3.05) is 20.1 Å². The van der Waals surface area contributed by atoms with Crippen LogP contribution in [0.5, 0.6) is 0 Å². The van der Waals surface area contributed by atoms with E-state index in [4.69, 9.17) is 0 Å².